The predicted molar refractivity (Wildman–Crippen MR) is 121 cm³/mol. The van der Waals surface area contributed by atoms with E-state index in [1.807, 2.05) is 13.8 Å². The number of halogens is 1. The van der Waals surface area contributed by atoms with Gasteiger partial charge in [-0.05, 0) is 50.1 Å². The van der Waals surface area contributed by atoms with Crippen LogP contribution in [0.25, 0.3) is 0 Å². The normalized spacial score (nSPS) is 12.2. The Bertz CT molecular complexity index is 1040. The van der Waals surface area contributed by atoms with Gasteiger partial charge in [-0.3, -0.25) is 13.9 Å². The molecule has 0 heterocycles. The molecule has 162 valence electrons. The molecule has 0 aliphatic carbocycles. The van der Waals surface area contributed by atoms with Crippen molar-refractivity contribution in [3.63, 3.8) is 0 Å². The lowest BCUT2D eigenvalue weighted by Crippen LogP contribution is -2.38. The second-order valence-corrected chi connectivity index (χ2v) is 9.42. The fourth-order valence-corrected chi connectivity index (χ4v) is 3.82. The summed E-state index contributed by atoms with van der Waals surface area (Å²) in [4.78, 5) is 25.2. The largest absolute Gasteiger partial charge is 0.350 e. The highest BCUT2D eigenvalue weighted by molar-refractivity contribution is 7.92. The van der Waals surface area contributed by atoms with Crippen LogP contribution in [-0.2, 0) is 14.8 Å². The molecular weight excluding hydrogens is 426 g/mol. The number of aryl methyl sites for hydroxylation is 1. The van der Waals surface area contributed by atoms with Crippen molar-refractivity contribution in [1.82, 2.24) is 5.32 Å². The van der Waals surface area contributed by atoms with E-state index in [1.54, 1.807) is 43.3 Å². The molecule has 2 amide bonds. The van der Waals surface area contributed by atoms with Crippen molar-refractivity contribution in [1.29, 1.82) is 0 Å². The summed E-state index contributed by atoms with van der Waals surface area (Å²) in [7, 11) is -3.76. The maximum atomic E-state index is 12.7. The van der Waals surface area contributed by atoms with E-state index in [-0.39, 0.29) is 11.9 Å². The van der Waals surface area contributed by atoms with Gasteiger partial charge in [0.2, 0.25) is 15.9 Å². The minimum Gasteiger partial charge on any atom is -0.350 e. The van der Waals surface area contributed by atoms with Crippen molar-refractivity contribution in [3.05, 3.63) is 58.6 Å². The summed E-state index contributed by atoms with van der Waals surface area (Å²) in [6, 6.07) is 11.4. The SMILES string of the molecule is CCC(C)NC(=O)c1ccccc1NC(=O)CN(c1cc(Cl)ccc1C)S(C)(=O)=O. The number of anilines is 2. The van der Waals surface area contributed by atoms with Crippen LogP contribution in [0.3, 0.4) is 0 Å². The van der Waals surface area contributed by atoms with Gasteiger partial charge in [-0.25, -0.2) is 8.42 Å². The van der Waals surface area contributed by atoms with E-state index >= 15 is 0 Å². The number of rotatable bonds is 8. The third kappa shape index (κ3) is 6.21. The second kappa shape index (κ2) is 9.95. The Morgan fingerprint density at radius 1 is 1.17 bits per heavy atom. The van der Waals surface area contributed by atoms with Gasteiger partial charge >= 0.3 is 0 Å². The highest BCUT2D eigenvalue weighted by Gasteiger charge is 2.23. The maximum Gasteiger partial charge on any atom is 0.253 e. The zero-order valence-corrected chi connectivity index (χ0v) is 19.0. The summed E-state index contributed by atoms with van der Waals surface area (Å²) in [5, 5.41) is 5.86. The van der Waals surface area contributed by atoms with Gasteiger partial charge in [0.05, 0.1) is 23.2 Å². The van der Waals surface area contributed by atoms with Crippen LogP contribution in [0.4, 0.5) is 11.4 Å². The molecule has 2 rings (SSSR count). The molecule has 2 N–H and O–H groups in total. The molecule has 2 aromatic carbocycles. The van der Waals surface area contributed by atoms with Gasteiger partial charge in [-0.2, -0.15) is 0 Å². The van der Waals surface area contributed by atoms with Gasteiger partial charge in [0.1, 0.15) is 6.54 Å². The van der Waals surface area contributed by atoms with E-state index in [9.17, 15) is 18.0 Å². The zero-order chi connectivity index (χ0) is 22.5. The molecule has 0 spiro atoms. The quantitative estimate of drug-likeness (QED) is 0.641. The number of nitrogens with one attached hydrogen (secondary N) is 2. The van der Waals surface area contributed by atoms with Crippen LogP contribution in [-0.4, -0.2) is 39.1 Å². The van der Waals surface area contributed by atoms with E-state index < -0.39 is 22.5 Å². The summed E-state index contributed by atoms with van der Waals surface area (Å²) in [6.07, 6.45) is 1.79. The molecule has 0 bridgehead atoms. The molecule has 0 aromatic heterocycles. The minimum absolute atomic E-state index is 0.0206. The van der Waals surface area contributed by atoms with Crippen molar-refractivity contribution in [2.45, 2.75) is 33.2 Å². The molecule has 0 saturated carbocycles. The Labute approximate surface area is 182 Å². The predicted octanol–water partition coefficient (Wildman–Crippen LogP) is 3.58. The summed E-state index contributed by atoms with van der Waals surface area (Å²) in [6.45, 7) is 5.12. The van der Waals surface area contributed by atoms with Crippen molar-refractivity contribution >= 4 is 44.8 Å². The summed E-state index contributed by atoms with van der Waals surface area (Å²) < 4.78 is 25.7. The van der Waals surface area contributed by atoms with Crippen molar-refractivity contribution < 1.29 is 18.0 Å². The smallest absolute Gasteiger partial charge is 0.253 e. The number of carbonyl (C=O) groups is 2. The number of nitrogens with zero attached hydrogens (tertiary/aromatic N) is 1. The molecule has 1 unspecified atom stereocenters. The summed E-state index contributed by atoms with van der Waals surface area (Å²) >= 11 is 6.02. The molecule has 0 aliphatic heterocycles. The molecule has 0 aliphatic rings. The Hall–Kier alpha value is -2.58. The number of amides is 2. The molecule has 0 saturated heterocycles. The van der Waals surface area contributed by atoms with Crippen LogP contribution >= 0.6 is 11.6 Å². The first-order chi connectivity index (χ1) is 14.0. The van der Waals surface area contributed by atoms with E-state index in [4.69, 9.17) is 11.6 Å². The van der Waals surface area contributed by atoms with E-state index in [1.165, 1.54) is 6.07 Å². The molecule has 0 fully saturated rings. The van der Waals surface area contributed by atoms with Gasteiger partial charge in [-0.1, -0.05) is 36.7 Å². The summed E-state index contributed by atoms with van der Waals surface area (Å²) in [5.41, 5.74) is 1.59. The standard InChI is InChI=1S/C21H26ClN3O4S/c1-5-15(3)23-21(27)17-8-6-7-9-18(17)24-20(26)13-25(30(4,28)29)19-12-16(22)11-10-14(19)2/h6-12,15H,5,13H2,1-4H3,(H,23,27)(H,24,26). The molecule has 2 aromatic rings. The number of para-hydroxylation sites is 1. The van der Waals surface area contributed by atoms with Crippen LogP contribution < -0.4 is 14.9 Å². The van der Waals surface area contributed by atoms with Gasteiger partial charge in [-0.15, -0.1) is 0 Å². The lowest BCUT2D eigenvalue weighted by atomic mass is 10.1. The highest BCUT2D eigenvalue weighted by atomic mass is 35.5. The molecule has 30 heavy (non-hydrogen) atoms. The van der Waals surface area contributed by atoms with E-state index in [0.717, 1.165) is 17.0 Å². The van der Waals surface area contributed by atoms with Crippen LogP contribution in [0.15, 0.2) is 42.5 Å². The molecule has 7 nitrogen and oxygen atoms in total. The third-order valence-corrected chi connectivity index (χ3v) is 5.92. The number of hydrogen-bond donors (Lipinski definition) is 2. The Morgan fingerprint density at radius 2 is 1.83 bits per heavy atom. The highest BCUT2D eigenvalue weighted by Crippen LogP contribution is 2.26. The average Bonchev–Trinajstić information content (AvgIpc) is 2.67. The lowest BCUT2D eigenvalue weighted by Gasteiger charge is -2.24. The van der Waals surface area contributed by atoms with Crippen LogP contribution in [0.5, 0.6) is 0 Å². The Kier molecular flexibility index (Phi) is 7.86. The van der Waals surface area contributed by atoms with Crippen LogP contribution in [0.2, 0.25) is 5.02 Å². The number of sulfonamides is 1. The van der Waals surface area contributed by atoms with Crippen molar-refractivity contribution in [3.8, 4) is 0 Å². The average molecular weight is 452 g/mol. The van der Waals surface area contributed by atoms with Gasteiger partial charge in [0.25, 0.3) is 5.91 Å². The number of benzene rings is 2. The monoisotopic (exact) mass is 451 g/mol. The Morgan fingerprint density at radius 3 is 2.47 bits per heavy atom. The summed E-state index contributed by atoms with van der Waals surface area (Å²) in [5.74, 6) is -0.894. The fourth-order valence-electron chi connectivity index (χ4n) is 2.75. The van der Waals surface area contributed by atoms with Crippen molar-refractivity contribution in [2.24, 2.45) is 0 Å². The van der Waals surface area contributed by atoms with Gasteiger partial charge in [0, 0.05) is 11.1 Å². The second-order valence-electron chi connectivity index (χ2n) is 7.08. The first kappa shape index (κ1) is 23.7. The molecule has 9 heteroatoms. The van der Waals surface area contributed by atoms with Crippen LogP contribution in [0.1, 0.15) is 36.2 Å². The fraction of sp³-hybridized carbons (Fsp3) is 0.333. The topological polar surface area (TPSA) is 95.6 Å². The maximum absolute atomic E-state index is 12.7. The number of carbonyl (C=O) groups excluding carboxylic acids is 2. The first-order valence-corrected chi connectivity index (χ1v) is 11.7. The van der Waals surface area contributed by atoms with E-state index in [2.05, 4.69) is 10.6 Å². The van der Waals surface area contributed by atoms with Gasteiger partial charge in [0.15, 0.2) is 0 Å². The molecule has 1 atom stereocenters. The van der Waals surface area contributed by atoms with E-state index in [0.29, 0.717) is 27.5 Å². The Balaban J connectivity index is 2.27. The lowest BCUT2D eigenvalue weighted by molar-refractivity contribution is -0.114. The van der Waals surface area contributed by atoms with Crippen molar-refractivity contribution in [2.75, 3.05) is 22.4 Å². The number of hydrogen-bond acceptors (Lipinski definition) is 4. The van der Waals surface area contributed by atoms with Crippen LogP contribution in [0, 0.1) is 6.92 Å². The minimum atomic E-state index is -3.76. The zero-order valence-electron chi connectivity index (χ0n) is 17.4. The first-order valence-electron chi connectivity index (χ1n) is 9.46. The molecule has 0 radical (unpaired) electrons. The third-order valence-electron chi connectivity index (χ3n) is 4.56. The van der Waals surface area contributed by atoms with Gasteiger partial charge < -0.3 is 10.6 Å². The molecular formula is C21H26ClN3O4S.